The molecule has 0 aliphatic rings. The van der Waals surface area contributed by atoms with E-state index >= 15 is 0 Å². The fourth-order valence-electron chi connectivity index (χ4n) is 3.66. The molecule has 186 valence electrons. The number of hydrogen-bond acceptors (Lipinski definition) is 7. The molecule has 0 spiro atoms. The molecule has 3 aromatic carbocycles. The van der Waals surface area contributed by atoms with Crippen molar-refractivity contribution in [3.05, 3.63) is 75.4 Å². The van der Waals surface area contributed by atoms with Crippen molar-refractivity contribution >= 4 is 34.2 Å². The van der Waals surface area contributed by atoms with Gasteiger partial charge in [0, 0.05) is 11.3 Å². The minimum Gasteiger partial charge on any atom is -0.495 e. The van der Waals surface area contributed by atoms with Crippen LogP contribution in [0.1, 0.15) is 5.56 Å². The average Bonchev–Trinajstić information content (AvgIpc) is 2.87. The van der Waals surface area contributed by atoms with E-state index in [9.17, 15) is 9.59 Å². The molecule has 4 rings (SSSR count). The predicted molar refractivity (Wildman–Crippen MR) is 138 cm³/mol. The Morgan fingerprint density at radius 3 is 2.33 bits per heavy atom. The lowest BCUT2D eigenvalue weighted by Gasteiger charge is -2.14. The Hall–Kier alpha value is -4.17. The van der Waals surface area contributed by atoms with Gasteiger partial charge >= 0.3 is 0 Å². The molecule has 9 heteroatoms. The topological polar surface area (TPSA) is 96.2 Å². The molecule has 0 saturated carbocycles. The van der Waals surface area contributed by atoms with Crippen LogP contribution in [0.25, 0.3) is 22.3 Å². The molecule has 1 aromatic heterocycles. The van der Waals surface area contributed by atoms with Gasteiger partial charge in [-0.1, -0.05) is 17.7 Å². The van der Waals surface area contributed by atoms with Gasteiger partial charge in [-0.15, -0.1) is 0 Å². The number of ether oxygens (including phenoxy) is 4. The summed E-state index contributed by atoms with van der Waals surface area (Å²) < 4.78 is 27.7. The molecular weight excluding hydrogens is 486 g/mol. The highest BCUT2D eigenvalue weighted by Crippen LogP contribution is 2.37. The predicted octanol–water partition coefficient (Wildman–Crippen LogP) is 5.47. The third-order valence-electron chi connectivity index (χ3n) is 5.44. The van der Waals surface area contributed by atoms with Crippen LogP contribution in [-0.4, -0.2) is 33.8 Å². The number of aryl methyl sites for hydroxylation is 1. The van der Waals surface area contributed by atoms with Crippen LogP contribution >= 0.6 is 11.6 Å². The second-order valence-corrected chi connectivity index (χ2v) is 8.25. The Kier molecular flexibility index (Phi) is 7.36. The van der Waals surface area contributed by atoms with Crippen LogP contribution < -0.4 is 29.7 Å². The largest absolute Gasteiger partial charge is 0.495 e. The zero-order chi connectivity index (χ0) is 25.8. The summed E-state index contributed by atoms with van der Waals surface area (Å²) in [4.78, 5) is 26.0. The summed E-state index contributed by atoms with van der Waals surface area (Å²) in [6.45, 7) is 1.46. The fourth-order valence-corrected chi connectivity index (χ4v) is 3.92. The van der Waals surface area contributed by atoms with E-state index in [-0.39, 0.29) is 11.5 Å². The van der Waals surface area contributed by atoms with Crippen LogP contribution in [-0.2, 0) is 4.79 Å². The first-order chi connectivity index (χ1) is 17.3. The number of nitrogens with one attached hydrogen (secondary N) is 1. The van der Waals surface area contributed by atoms with Crippen molar-refractivity contribution in [1.29, 1.82) is 0 Å². The summed E-state index contributed by atoms with van der Waals surface area (Å²) in [6, 6.07) is 15.2. The highest BCUT2D eigenvalue weighted by Gasteiger charge is 2.20. The molecule has 0 aliphatic heterocycles. The minimum absolute atomic E-state index is 0.0958. The minimum atomic E-state index is -0.488. The number of anilines is 1. The van der Waals surface area contributed by atoms with Crippen molar-refractivity contribution in [3.63, 3.8) is 0 Å². The number of halogens is 1. The monoisotopic (exact) mass is 509 g/mol. The van der Waals surface area contributed by atoms with E-state index in [1.807, 2.05) is 6.92 Å². The highest BCUT2D eigenvalue weighted by molar-refractivity contribution is 6.32. The van der Waals surface area contributed by atoms with Gasteiger partial charge in [-0.2, -0.15) is 0 Å². The number of amides is 1. The Labute approximate surface area is 212 Å². The van der Waals surface area contributed by atoms with Gasteiger partial charge in [-0.3, -0.25) is 9.59 Å². The van der Waals surface area contributed by atoms with E-state index in [4.69, 9.17) is 35.0 Å². The SMILES string of the molecule is COc1ccc(NC(=O)COc2c(-c3ccc(OC)c(OC)c3)oc3cc(C)ccc3c2=O)cc1Cl. The summed E-state index contributed by atoms with van der Waals surface area (Å²) in [5.41, 5.74) is 1.90. The Morgan fingerprint density at radius 1 is 0.917 bits per heavy atom. The van der Waals surface area contributed by atoms with Crippen molar-refractivity contribution in [1.82, 2.24) is 0 Å². The number of carbonyl (C=O) groups excluding carboxylic acids is 1. The molecule has 0 bridgehead atoms. The third kappa shape index (κ3) is 5.08. The summed E-state index contributed by atoms with van der Waals surface area (Å²) in [6.07, 6.45) is 0. The normalized spacial score (nSPS) is 10.7. The van der Waals surface area contributed by atoms with Crippen molar-refractivity contribution in [3.8, 4) is 34.3 Å². The Balaban J connectivity index is 1.70. The van der Waals surface area contributed by atoms with Crippen molar-refractivity contribution in [2.45, 2.75) is 6.92 Å². The van der Waals surface area contributed by atoms with Gasteiger partial charge in [-0.05, 0) is 61.0 Å². The standard InChI is InChI=1S/C27H24ClNO7/c1-15-5-8-18-22(11-15)36-26(16-6-9-21(33-3)23(12-16)34-4)27(25(18)31)35-14-24(30)29-17-7-10-20(32-2)19(28)13-17/h5-13H,14H2,1-4H3,(H,29,30). The van der Waals surface area contributed by atoms with Crippen LogP contribution in [0.4, 0.5) is 5.69 Å². The zero-order valence-corrected chi connectivity index (χ0v) is 20.9. The molecule has 0 unspecified atom stereocenters. The first-order valence-electron chi connectivity index (χ1n) is 10.9. The maximum atomic E-state index is 13.4. The molecule has 4 aromatic rings. The molecule has 1 amide bonds. The Morgan fingerprint density at radius 2 is 1.64 bits per heavy atom. The van der Waals surface area contributed by atoms with Gasteiger partial charge in [0.15, 0.2) is 23.9 Å². The first kappa shape index (κ1) is 24.9. The van der Waals surface area contributed by atoms with Crippen molar-refractivity contribution in [2.24, 2.45) is 0 Å². The molecule has 8 nitrogen and oxygen atoms in total. The average molecular weight is 510 g/mol. The van der Waals surface area contributed by atoms with Gasteiger partial charge in [0.05, 0.1) is 31.7 Å². The second-order valence-electron chi connectivity index (χ2n) is 7.84. The van der Waals surface area contributed by atoms with E-state index in [0.29, 0.717) is 44.5 Å². The molecule has 0 saturated heterocycles. The summed E-state index contributed by atoms with van der Waals surface area (Å²) in [5.74, 6) is 1.02. The molecule has 36 heavy (non-hydrogen) atoms. The van der Waals surface area contributed by atoms with E-state index in [0.717, 1.165) is 5.56 Å². The quantitative estimate of drug-likeness (QED) is 0.336. The Bertz CT molecular complexity index is 1500. The van der Waals surface area contributed by atoms with Crippen LogP contribution in [0.3, 0.4) is 0 Å². The molecule has 0 aliphatic carbocycles. The number of benzene rings is 3. The van der Waals surface area contributed by atoms with Gasteiger partial charge in [0.25, 0.3) is 5.91 Å². The zero-order valence-electron chi connectivity index (χ0n) is 20.1. The number of carbonyl (C=O) groups is 1. The number of fused-ring (bicyclic) bond motifs is 1. The summed E-state index contributed by atoms with van der Waals surface area (Å²) in [5, 5.41) is 3.37. The van der Waals surface area contributed by atoms with Gasteiger partial charge in [0.2, 0.25) is 11.2 Å². The van der Waals surface area contributed by atoms with Gasteiger partial charge in [0.1, 0.15) is 11.3 Å². The maximum Gasteiger partial charge on any atom is 0.262 e. The maximum absolute atomic E-state index is 13.4. The molecule has 0 atom stereocenters. The molecule has 0 radical (unpaired) electrons. The van der Waals surface area contributed by atoms with E-state index in [2.05, 4.69) is 5.32 Å². The van der Waals surface area contributed by atoms with Gasteiger partial charge < -0.3 is 28.7 Å². The van der Waals surface area contributed by atoms with E-state index < -0.39 is 17.9 Å². The van der Waals surface area contributed by atoms with Crippen LogP contribution in [0.2, 0.25) is 5.02 Å². The molecule has 1 N–H and O–H groups in total. The summed E-state index contributed by atoms with van der Waals surface area (Å²) in [7, 11) is 4.54. The van der Waals surface area contributed by atoms with Gasteiger partial charge in [-0.25, -0.2) is 0 Å². The number of rotatable bonds is 8. The second kappa shape index (κ2) is 10.6. The smallest absolute Gasteiger partial charge is 0.262 e. The number of methoxy groups -OCH3 is 3. The van der Waals surface area contributed by atoms with E-state index in [1.165, 1.54) is 21.3 Å². The molecular formula is C27H24ClNO7. The van der Waals surface area contributed by atoms with Crippen LogP contribution in [0.5, 0.6) is 23.0 Å². The number of hydrogen-bond donors (Lipinski definition) is 1. The molecule has 1 heterocycles. The molecule has 0 fully saturated rings. The lowest BCUT2D eigenvalue weighted by atomic mass is 10.1. The van der Waals surface area contributed by atoms with Crippen LogP contribution in [0.15, 0.2) is 63.8 Å². The lowest BCUT2D eigenvalue weighted by Crippen LogP contribution is -2.22. The van der Waals surface area contributed by atoms with Crippen molar-refractivity contribution in [2.75, 3.05) is 33.3 Å². The first-order valence-corrected chi connectivity index (χ1v) is 11.3. The summed E-state index contributed by atoms with van der Waals surface area (Å²) >= 11 is 6.13. The van der Waals surface area contributed by atoms with Crippen LogP contribution in [0, 0.1) is 6.92 Å². The van der Waals surface area contributed by atoms with E-state index in [1.54, 1.807) is 54.6 Å². The van der Waals surface area contributed by atoms with Crippen molar-refractivity contribution < 1.29 is 28.2 Å². The fraction of sp³-hybridized carbons (Fsp3) is 0.185. The highest BCUT2D eigenvalue weighted by atomic mass is 35.5. The lowest BCUT2D eigenvalue weighted by molar-refractivity contribution is -0.118. The third-order valence-corrected chi connectivity index (χ3v) is 5.73.